The molecule has 1 heterocycles. The Kier molecular flexibility index (Phi) is 4.33. The van der Waals surface area contributed by atoms with Gasteiger partial charge in [-0.3, -0.25) is 10.1 Å². The minimum Gasteiger partial charge on any atom is -0.366 e. The Balaban J connectivity index is 2.26. The van der Waals surface area contributed by atoms with E-state index in [0.717, 1.165) is 0 Å². The molecule has 0 N–H and O–H groups in total. The molecule has 110 valence electrons. The molecule has 0 amide bonds. The Bertz CT molecular complexity index is 618. The highest BCUT2D eigenvalue weighted by Gasteiger charge is 2.29. The molecule has 0 bridgehead atoms. The van der Waals surface area contributed by atoms with Crippen LogP contribution in [0.5, 0.6) is 0 Å². The quantitative estimate of drug-likeness (QED) is 0.608. The van der Waals surface area contributed by atoms with Crippen molar-refractivity contribution in [2.24, 2.45) is 0 Å². The number of nitro benzene ring substituents is 1. The van der Waals surface area contributed by atoms with Gasteiger partial charge < -0.3 is 4.90 Å². The standard InChI is InChI=1S/C12H15BrN2O4S/c1-14(10-4-6-20(18,19)7-5-10)11-3-2-9(13)8-12(11)15(16)17/h2-3,8,10H,4-7H2,1H3. The van der Waals surface area contributed by atoms with Crippen LogP contribution in [0.4, 0.5) is 11.4 Å². The smallest absolute Gasteiger partial charge is 0.293 e. The zero-order chi connectivity index (χ0) is 14.9. The fourth-order valence-electron chi connectivity index (χ4n) is 2.40. The zero-order valence-corrected chi connectivity index (χ0v) is 13.4. The van der Waals surface area contributed by atoms with Crippen LogP contribution in [-0.2, 0) is 9.84 Å². The number of hydrogen-bond donors (Lipinski definition) is 0. The minimum atomic E-state index is -2.93. The summed E-state index contributed by atoms with van der Waals surface area (Å²) in [5.41, 5.74) is 0.540. The van der Waals surface area contributed by atoms with E-state index in [1.807, 2.05) is 4.90 Å². The maximum Gasteiger partial charge on any atom is 0.293 e. The first kappa shape index (κ1) is 15.2. The van der Waals surface area contributed by atoms with Crippen LogP contribution in [0.2, 0.25) is 0 Å². The lowest BCUT2D eigenvalue weighted by molar-refractivity contribution is -0.384. The Labute approximate surface area is 126 Å². The van der Waals surface area contributed by atoms with Gasteiger partial charge in [-0.2, -0.15) is 0 Å². The molecular weight excluding hydrogens is 348 g/mol. The molecule has 8 heteroatoms. The zero-order valence-electron chi connectivity index (χ0n) is 11.0. The van der Waals surface area contributed by atoms with Crippen molar-refractivity contribution >= 4 is 37.1 Å². The lowest BCUT2D eigenvalue weighted by Gasteiger charge is -2.32. The van der Waals surface area contributed by atoms with Crippen LogP contribution >= 0.6 is 15.9 Å². The second kappa shape index (κ2) is 5.69. The minimum absolute atomic E-state index is 0.0124. The van der Waals surface area contributed by atoms with Crippen molar-refractivity contribution in [2.45, 2.75) is 18.9 Å². The van der Waals surface area contributed by atoms with Gasteiger partial charge in [0.2, 0.25) is 0 Å². The van der Waals surface area contributed by atoms with Crippen molar-refractivity contribution in [1.29, 1.82) is 0 Å². The fraction of sp³-hybridized carbons (Fsp3) is 0.500. The molecule has 1 saturated heterocycles. The average Bonchev–Trinajstić information content (AvgIpc) is 2.37. The van der Waals surface area contributed by atoms with Gasteiger partial charge in [0.25, 0.3) is 5.69 Å². The summed E-state index contributed by atoms with van der Waals surface area (Å²) in [6.45, 7) is 0. The molecule has 1 aromatic carbocycles. The second-order valence-electron chi connectivity index (χ2n) is 4.88. The van der Waals surface area contributed by atoms with Gasteiger partial charge in [-0.1, -0.05) is 15.9 Å². The molecule has 1 fully saturated rings. The molecular formula is C12H15BrN2O4S. The third-order valence-electron chi connectivity index (χ3n) is 3.59. The first-order chi connectivity index (χ1) is 9.30. The molecule has 6 nitrogen and oxygen atoms in total. The molecule has 2 rings (SSSR count). The summed E-state index contributed by atoms with van der Waals surface area (Å²) in [7, 11) is -1.16. The number of sulfone groups is 1. The van der Waals surface area contributed by atoms with E-state index in [1.165, 1.54) is 6.07 Å². The highest BCUT2D eigenvalue weighted by Crippen LogP contribution is 2.33. The first-order valence-corrected chi connectivity index (χ1v) is 8.79. The average molecular weight is 363 g/mol. The Hall–Kier alpha value is -1.15. The van der Waals surface area contributed by atoms with Crippen molar-refractivity contribution in [3.8, 4) is 0 Å². The molecule has 0 spiro atoms. The van der Waals surface area contributed by atoms with E-state index < -0.39 is 14.8 Å². The lowest BCUT2D eigenvalue weighted by Crippen LogP contribution is -2.39. The molecule has 0 radical (unpaired) electrons. The van der Waals surface area contributed by atoms with Crippen molar-refractivity contribution in [2.75, 3.05) is 23.5 Å². The number of anilines is 1. The second-order valence-corrected chi connectivity index (χ2v) is 8.10. The maximum absolute atomic E-state index is 11.4. The van der Waals surface area contributed by atoms with Crippen LogP contribution in [0, 0.1) is 10.1 Å². The summed E-state index contributed by atoms with van der Waals surface area (Å²) in [6, 6.07) is 4.91. The van der Waals surface area contributed by atoms with Gasteiger partial charge in [-0.25, -0.2) is 8.42 Å². The molecule has 1 aromatic rings. The van der Waals surface area contributed by atoms with E-state index >= 15 is 0 Å². The Morgan fingerprint density at radius 3 is 2.50 bits per heavy atom. The largest absolute Gasteiger partial charge is 0.366 e. The van der Waals surface area contributed by atoms with Crippen LogP contribution in [0.3, 0.4) is 0 Å². The molecule has 1 aliphatic rings. The summed E-state index contributed by atoms with van der Waals surface area (Å²) in [4.78, 5) is 12.5. The first-order valence-electron chi connectivity index (χ1n) is 6.17. The monoisotopic (exact) mass is 362 g/mol. The lowest BCUT2D eigenvalue weighted by atomic mass is 10.1. The predicted octanol–water partition coefficient (Wildman–Crippen LogP) is 2.37. The van der Waals surface area contributed by atoms with Crippen molar-refractivity contribution in [3.05, 3.63) is 32.8 Å². The van der Waals surface area contributed by atoms with Crippen molar-refractivity contribution in [3.63, 3.8) is 0 Å². The van der Waals surface area contributed by atoms with Crippen LogP contribution in [0.25, 0.3) is 0 Å². The molecule has 20 heavy (non-hydrogen) atoms. The van der Waals surface area contributed by atoms with E-state index in [0.29, 0.717) is 23.0 Å². The van der Waals surface area contributed by atoms with Crippen LogP contribution in [0.15, 0.2) is 22.7 Å². The third kappa shape index (κ3) is 3.29. The van der Waals surface area contributed by atoms with Gasteiger partial charge in [-0.15, -0.1) is 0 Å². The predicted molar refractivity (Wildman–Crippen MR) is 80.9 cm³/mol. The molecule has 0 unspecified atom stereocenters. The fourth-order valence-corrected chi connectivity index (χ4v) is 4.22. The van der Waals surface area contributed by atoms with E-state index in [9.17, 15) is 18.5 Å². The Morgan fingerprint density at radius 2 is 1.95 bits per heavy atom. The summed E-state index contributed by atoms with van der Waals surface area (Å²) in [5, 5.41) is 11.1. The normalized spacial score (nSPS) is 18.7. The highest BCUT2D eigenvalue weighted by atomic mass is 79.9. The number of benzene rings is 1. The number of rotatable bonds is 3. The number of halogens is 1. The summed E-state index contributed by atoms with van der Waals surface area (Å²) in [5.74, 6) is 0.290. The van der Waals surface area contributed by atoms with E-state index in [1.54, 1.807) is 19.2 Å². The Morgan fingerprint density at radius 1 is 1.35 bits per heavy atom. The van der Waals surface area contributed by atoms with Crippen molar-refractivity contribution < 1.29 is 13.3 Å². The van der Waals surface area contributed by atoms with Gasteiger partial charge >= 0.3 is 0 Å². The molecule has 1 aliphatic heterocycles. The summed E-state index contributed by atoms with van der Waals surface area (Å²) in [6.07, 6.45) is 1.01. The SMILES string of the molecule is CN(c1ccc(Br)cc1[N+](=O)[O-])C1CCS(=O)(=O)CC1. The molecule has 0 saturated carbocycles. The van der Waals surface area contributed by atoms with Crippen LogP contribution in [-0.4, -0.2) is 37.9 Å². The third-order valence-corrected chi connectivity index (χ3v) is 5.79. The molecule has 0 aromatic heterocycles. The highest BCUT2D eigenvalue weighted by molar-refractivity contribution is 9.10. The van der Waals surface area contributed by atoms with Gasteiger partial charge in [0.1, 0.15) is 15.5 Å². The van der Waals surface area contributed by atoms with Crippen LogP contribution in [0.1, 0.15) is 12.8 Å². The number of nitro groups is 1. The van der Waals surface area contributed by atoms with Crippen molar-refractivity contribution in [1.82, 2.24) is 0 Å². The van der Waals surface area contributed by atoms with Crippen LogP contribution < -0.4 is 4.90 Å². The van der Waals surface area contributed by atoms with Gasteiger partial charge in [-0.05, 0) is 25.0 Å². The topological polar surface area (TPSA) is 80.5 Å². The van der Waals surface area contributed by atoms with E-state index in [2.05, 4.69) is 15.9 Å². The van der Waals surface area contributed by atoms with Gasteiger partial charge in [0.15, 0.2) is 0 Å². The maximum atomic E-state index is 11.4. The van der Waals surface area contributed by atoms with E-state index in [-0.39, 0.29) is 23.2 Å². The molecule has 0 atom stereocenters. The van der Waals surface area contributed by atoms with Gasteiger partial charge in [0, 0.05) is 23.6 Å². The number of nitrogens with zero attached hydrogens (tertiary/aromatic N) is 2. The number of hydrogen-bond acceptors (Lipinski definition) is 5. The van der Waals surface area contributed by atoms with Gasteiger partial charge in [0.05, 0.1) is 16.4 Å². The summed E-state index contributed by atoms with van der Waals surface area (Å²) >= 11 is 3.22. The summed E-state index contributed by atoms with van der Waals surface area (Å²) < 4.78 is 23.5. The van der Waals surface area contributed by atoms with E-state index in [4.69, 9.17) is 0 Å². The molecule has 0 aliphatic carbocycles.